The molecule has 2 aliphatic rings. The highest BCUT2D eigenvalue weighted by molar-refractivity contribution is 6.21. The molecule has 2 saturated carbocycles. The molecule has 4 nitrogen and oxygen atoms in total. The highest BCUT2D eigenvalue weighted by atomic mass is 35.5. The minimum Gasteiger partial charge on any atom is -0.481 e. The number of rotatable bonds is 10. The van der Waals surface area contributed by atoms with Crippen molar-refractivity contribution in [1.82, 2.24) is 0 Å². The fourth-order valence-corrected chi connectivity index (χ4v) is 6.73. The Kier molecular flexibility index (Phi) is 8.01. The van der Waals surface area contributed by atoms with E-state index in [2.05, 4.69) is 31.2 Å². The summed E-state index contributed by atoms with van der Waals surface area (Å²) < 4.78 is 0. The van der Waals surface area contributed by atoms with Gasteiger partial charge in [-0.3, -0.25) is 4.79 Å². The number of hydrogen-bond donors (Lipinski definition) is 3. The maximum atomic E-state index is 11.3. The second-order valence-electron chi connectivity index (χ2n) is 10.5. The van der Waals surface area contributed by atoms with Crippen LogP contribution in [-0.2, 0) is 17.6 Å². The number of aliphatic hydroxyl groups excluding tert-OH is 2. The quantitative estimate of drug-likeness (QED) is 0.360. The van der Waals surface area contributed by atoms with Crippen molar-refractivity contribution in [3.8, 4) is 0 Å². The number of carbonyl (C=O) groups is 1. The van der Waals surface area contributed by atoms with Crippen molar-refractivity contribution in [3.05, 3.63) is 70.8 Å². The number of aliphatic carboxylic acids is 1. The molecular formula is C29H37ClO4. The van der Waals surface area contributed by atoms with Crippen molar-refractivity contribution in [1.29, 1.82) is 0 Å². The Hall–Kier alpha value is -1.88. The Balaban J connectivity index is 1.55. The molecule has 0 heterocycles. The Morgan fingerprint density at radius 3 is 2.56 bits per heavy atom. The molecular weight excluding hydrogens is 448 g/mol. The van der Waals surface area contributed by atoms with Crippen LogP contribution in [-0.4, -0.2) is 32.8 Å². The summed E-state index contributed by atoms with van der Waals surface area (Å²) in [4.78, 5) is 10.9. The third-order valence-corrected chi connectivity index (χ3v) is 8.69. The van der Waals surface area contributed by atoms with Crippen LogP contribution in [0, 0.1) is 11.3 Å². The lowest BCUT2D eigenvalue weighted by atomic mass is 9.61. The van der Waals surface area contributed by atoms with E-state index < -0.39 is 18.2 Å². The van der Waals surface area contributed by atoms with Crippen molar-refractivity contribution in [2.24, 2.45) is 11.3 Å². The predicted octanol–water partition coefficient (Wildman–Crippen LogP) is 6.02. The van der Waals surface area contributed by atoms with Crippen LogP contribution in [0.3, 0.4) is 0 Å². The van der Waals surface area contributed by atoms with E-state index in [1.54, 1.807) is 0 Å². The highest BCUT2D eigenvalue weighted by Crippen LogP contribution is 2.54. The van der Waals surface area contributed by atoms with E-state index in [1.807, 2.05) is 24.3 Å². The molecule has 34 heavy (non-hydrogen) atoms. The van der Waals surface area contributed by atoms with Crippen molar-refractivity contribution in [3.63, 3.8) is 0 Å². The number of carboxylic acids is 1. The van der Waals surface area contributed by atoms with E-state index >= 15 is 0 Å². The summed E-state index contributed by atoms with van der Waals surface area (Å²) >= 11 is 6.77. The standard InChI is InChI=1S/C29H37ClO4/c1-2-12-29(13-5-14-29)28(34)22-9-4-8-21(17-22)27-23(24(30)18-25(27)31)16-20-7-3-6-19(15-20)10-11-26(32)33/h3-4,6-9,15,17,23-25,27-28,31,34H,2,5,10-14,16,18H2,1H3,(H,32,33)/t23-,24+,25+,27+,28?/m0/s1. The van der Waals surface area contributed by atoms with E-state index in [1.165, 1.54) is 6.42 Å². The Bertz CT molecular complexity index is 986. The zero-order valence-electron chi connectivity index (χ0n) is 20.0. The van der Waals surface area contributed by atoms with Gasteiger partial charge in [0.25, 0.3) is 0 Å². The number of alkyl halides is 1. The molecule has 4 rings (SSSR count). The lowest BCUT2D eigenvalue weighted by Crippen LogP contribution is -2.36. The number of aliphatic hydroxyl groups is 2. The Morgan fingerprint density at radius 1 is 1.15 bits per heavy atom. The van der Waals surface area contributed by atoms with Gasteiger partial charge in [-0.05, 0) is 66.7 Å². The third kappa shape index (κ3) is 5.35. The molecule has 2 aromatic carbocycles. The molecule has 2 aliphatic carbocycles. The summed E-state index contributed by atoms with van der Waals surface area (Å²) in [7, 11) is 0. The van der Waals surface area contributed by atoms with E-state index in [9.17, 15) is 15.0 Å². The highest BCUT2D eigenvalue weighted by Gasteiger charge is 2.45. The summed E-state index contributed by atoms with van der Waals surface area (Å²) in [6.45, 7) is 2.18. The second-order valence-corrected chi connectivity index (χ2v) is 11.0. The Labute approximate surface area is 208 Å². The first-order chi connectivity index (χ1) is 16.3. The van der Waals surface area contributed by atoms with Crippen LogP contribution in [0.2, 0.25) is 0 Å². The summed E-state index contributed by atoms with van der Waals surface area (Å²) in [6, 6.07) is 16.2. The molecule has 0 radical (unpaired) electrons. The minimum absolute atomic E-state index is 0.00746. The van der Waals surface area contributed by atoms with E-state index in [0.29, 0.717) is 12.8 Å². The maximum absolute atomic E-state index is 11.3. The first-order valence-corrected chi connectivity index (χ1v) is 13.2. The molecule has 0 saturated heterocycles. The van der Waals surface area contributed by atoms with Gasteiger partial charge in [-0.25, -0.2) is 0 Å². The normalized spacial score (nSPS) is 26.7. The van der Waals surface area contributed by atoms with Crippen LogP contribution >= 0.6 is 11.6 Å². The van der Waals surface area contributed by atoms with Gasteiger partial charge in [0.15, 0.2) is 0 Å². The van der Waals surface area contributed by atoms with Crippen LogP contribution < -0.4 is 0 Å². The minimum atomic E-state index is -0.796. The van der Waals surface area contributed by atoms with Crippen LogP contribution in [0.5, 0.6) is 0 Å². The van der Waals surface area contributed by atoms with Gasteiger partial charge in [-0.2, -0.15) is 0 Å². The van der Waals surface area contributed by atoms with Gasteiger partial charge in [0, 0.05) is 23.1 Å². The molecule has 2 fully saturated rings. The number of aryl methyl sites for hydroxylation is 1. The smallest absolute Gasteiger partial charge is 0.303 e. The lowest BCUT2D eigenvalue weighted by Gasteiger charge is -2.46. The average Bonchev–Trinajstić information content (AvgIpc) is 3.07. The van der Waals surface area contributed by atoms with E-state index in [-0.39, 0.29) is 29.0 Å². The number of carboxylic acid groups (broad SMARTS) is 1. The van der Waals surface area contributed by atoms with Crippen molar-refractivity contribution < 1.29 is 20.1 Å². The molecule has 5 atom stereocenters. The van der Waals surface area contributed by atoms with Crippen LogP contribution in [0.25, 0.3) is 0 Å². The summed E-state index contributed by atoms with van der Waals surface area (Å²) in [5, 5.41) is 31.1. The molecule has 1 unspecified atom stereocenters. The zero-order valence-corrected chi connectivity index (χ0v) is 20.8. The zero-order chi connectivity index (χ0) is 24.3. The van der Waals surface area contributed by atoms with E-state index in [4.69, 9.17) is 16.7 Å². The first-order valence-electron chi connectivity index (χ1n) is 12.7. The molecule has 184 valence electrons. The maximum Gasteiger partial charge on any atom is 0.303 e. The van der Waals surface area contributed by atoms with Gasteiger partial charge < -0.3 is 15.3 Å². The van der Waals surface area contributed by atoms with Gasteiger partial charge in [-0.15, -0.1) is 11.6 Å². The van der Waals surface area contributed by atoms with Crippen LogP contribution in [0.4, 0.5) is 0 Å². The monoisotopic (exact) mass is 484 g/mol. The van der Waals surface area contributed by atoms with Gasteiger partial charge in [0.2, 0.25) is 0 Å². The third-order valence-electron chi connectivity index (χ3n) is 8.19. The molecule has 0 aromatic heterocycles. The number of benzene rings is 2. The molecule has 0 bridgehead atoms. The molecule has 0 amide bonds. The Morgan fingerprint density at radius 2 is 1.88 bits per heavy atom. The predicted molar refractivity (Wildman–Crippen MR) is 135 cm³/mol. The van der Waals surface area contributed by atoms with Crippen molar-refractivity contribution >= 4 is 17.6 Å². The second kappa shape index (κ2) is 10.8. The molecule has 0 aliphatic heterocycles. The first kappa shape index (κ1) is 25.2. The van der Waals surface area contributed by atoms with Crippen molar-refractivity contribution in [2.45, 2.75) is 88.2 Å². The SMILES string of the molecule is CCCC1(C(O)c2cccc([C@@H]3[C@@H](Cc4cccc(CCC(=O)O)c4)[C@H](Cl)C[C@H]3O)c2)CCC1. The fraction of sp³-hybridized carbons (Fsp3) is 0.552. The molecule has 5 heteroatoms. The largest absolute Gasteiger partial charge is 0.481 e. The number of hydrogen-bond acceptors (Lipinski definition) is 3. The fourth-order valence-electron chi connectivity index (χ4n) is 6.30. The van der Waals surface area contributed by atoms with Crippen molar-refractivity contribution in [2.75, 3.05) is 0 Å². The van der Waals surface area contributed by atoms with Crippen LogP contribution in [0.15, 0.2) is 48.5 Å². The summed E-state index contributed by atoms with van der Waals surface area (Å²) in [5.74, 6) is -0.831. The summed E-state index contributed by atoms with van der Waals surface area (Å²) in [6.07, 6.45) is 6.31. The van der Waals surface area contributed by atoms with Gasteiger partial charge in [-0.1, -0.05) is 68.3 Å². The molecule has 2 aromatic rings. The molecule has 0 spiro atoms. The van der Waals surface area contributed by atoms with E-state index in [0.717, 1.165) is 54.4 Å². The van der Waals surface area contributed by atoms with Gasteiger partial charge >= 0.3 is 5.97 Å². The topological polar surface area (TPSA) is 77.8 Å². The summed E-state index contributed by atoms with van der Waals surface area (Å²) in [5.41, 5.74) is 4.11. The lowest BCUT2D eigenvalue weighted by molar-refractivity contribution is -0.136. The molecule has 3 N–H and O–H groups in total. The number of halogens is 1. The average molecular weight is 485 g/mol. The van der Waals surface area contributed by atoms with Gasteiger partial charge in [0.05, 0.1) is 12.2 Å². The van der Waals surface area contributed by atoms with Gasteiger partial charge in [0.1, 0.15) is 0 Å². The van der Waals surface area contributed by atoms with Crippen LogP contribution in [0.1, 0.15) is 86.1 Å².